The molecule has 2 unspecified atom stereocenters. The van der Waals surface area contributed by atoms with Gasteiger partial charge in [0.1, 0.15) is 6.10 Å². The zero-order valence-electron chi connectivity index (χ0n) is 17.3. The molecule has 28 heavy (non-hydrogen) atoms. The van der Waals surface area contributed by atoms with Gasteiger partial charge in [-0.15, -0.1) is 24.0 Å². The van der Waals surface area contributed by atoms with Gasteiger partial charge in [-0.25, -0.2) is 4.39 Å². The van der Waals surface area contributed by atoms with E-state index in [1.165, 1.54) is 6.07 Å². The van der Waals surface area contributed by atoms with Crippen LogP contribution in [0, 0.1) is 11.7 Å². The maximum Gasteiger partial charge on any atom is 0.191 e. The Labute approximate surface area is 185 Å². The summed E-state index contributed by atoms with van der Waals surface area (Å²) in [6.07, 6.45) is -0.146. The first-order chi connectivity index (χ1) is 13.0. The summed E-state index contributed by atoms with van der Waals surface area (Å²) in [4.78, 5) is 4.38. The van der Waals surface area contributed by atoms with Crippen LogP contribution in [0.15, 0.2) is 29.3 Å². The molecule has 2 atom stereocenters. The summed E-state index contributed by atoms with van der Waals surface area (Å²) in [5.41, 5.74) is 0. The first kappa shape index (κ1) is 26.9. The standard InChI is InChI=1S/C20H34FN3O3.HI/c1-5-17(27-19-10-8-7-9-18(19)21)12-24-20(22-6-2)23-11-16(25)14-26-13-15(3)4;/h7-10,15-17,25H,5-6,11-14H2,1-4H3,(H2,22,23,24);1H. The van der Waals surface area contributed by atoms with Crippen LogP contribution in [0.25, 0.3) is 0 Å². The number of hydrogen-bond acceptors (Lipinski definition) is 4. The Hall–Kier alpha value is -1.13. The van der Waals surface area contributed by atoms with Gasteiger partial charge in [0.25, 0.3) is 0 Å². The Kier molecular flexibility index (Phi) is 15.1. The molecule has 0 heterocycles. The Morgan fingerprint density at radius 3 is 2.50 bits per heavy atom. The van der Waals surface area contributed by atoms with Crippen LogP contribution in [0.5, 0.6) is 5.75 Å². The minimum absolute atomic E-state index is 0. The third-order valence-electron chi connectivity index (χ3n) is 3.65. The van der Waals surface area contributed by atoms with Crippen molar-refractivity contribution in [2.24, 2.45) is 10.9 Å². The molecule has 3 N–H and O–H groups in total. The molecular weight excluding hydrogens is 476 g/mol. The number of hydrogen-bond donors (Lipinski definition) is 3. The number of para-hydroxylation sites is 1. The molecule has 1 aromatic rings. The van der Waals surface area contributed by atoms with Gasteiger partial charge < -0.3 is 25.2 Å². The fraction of sp³-hybridized carbons (Fsp3) is 0.650. The fourth-order valence-electron chi connectivity index (χ4n) is 2.23. The van der Waals surface area contributed by atoms with Crippen molar-refractivity contribution in [1.29, 1.82) is 0 Å². The Balaban J connectivity index is 0.00000729. The number of guanidine groups is 1. The molecule has 0 radical (unpaired) electrons. The third kappa shape index (κ3) is 11.7. The number of benzene rings is 1. The van der Waals surface area contributed by atoms with Gasteiger partial charge in [-0.05, 0) is 31.4 Å². The van der Waals surface area contributed by atoms with Crippen LogP contribution < -0.4 is 15.4 Å². The van der Waals surface area contributed by atoms with Gasteiger partial charge in [-0.1, -0.05) is 32.9 Å². The Morgan fingerprint density at radius 2 is 1.89 bits per heavy atom. The molecule has 0 aliphatic carbocycles. The maximum absolute atomic E-state index is 13.7. The lowest BCUT2D eigenvalue weighted by Gasteiger charge is -2.20. The van der Waals surface area contributed by atoms with E-state index in [-0.39, 0.29) is 54.8 Å². The van der Waals surface area contributed by atoms with Crippen LogP contribution in [0.3, 0.4) is 0 Å². The van der Waals surface area contributed by atoms with Crippen molar-refractivity contribution in [3.63, 3.8) is 0 Å². The summed E-state index contributed by atoms with van der Waals surface area (Å²) in [6, 6.07) is 6.37. The second kappa shape index (κ2) is 15.8. The van der Waals surface area contributed by atoms with Crippen LogP contribution in [-0.2, 0) is 4.74 Å². The van der Waals surface area contributed by atoms with Crippen molar-refractivity contribution in [3.05, 3.63) is 30.1 Å². The normalized spacial score (nSPS) is 13.6. The predicted molar refractivity (Wildman–Crippen MR) is 122 cm³/mol. The molecule has 0 aliphatic rings. The molecule has 1 rings (SSSR count). The van der Waals surface area contributed by atoms with E-state index in [4.69, 9.17) is 9.47 Å². The molecule has 0 fully saturated rings. The molecule has 0 aromatic heterocycles. The van der Waals surface area contributed by atoms with Gasteiger partial charge >= 0.3 is 0 Å². The number of nitrogens with zero attached hydrogens (tertiary/aromatic N) is 1. The highest BCUT2D eigenvalue weighted by molar-refractivity contribution is 14.0. The third-order valence-corrected chi connectivity index (χ3v) is 3.65. The molecule has 6 nitrogen and oxygen atoms in total. The monoisotopic (exact) mass is 511 g/mol. The van der Waals surface area contributed by atoms with Crippen molar-refractivity contribution in [2.75, 3.05) is 32.8 Å². The number of rotatable bonds is 12. The van der Waals surface area contributed by atoms with Crippen LogP contribution >= 0.6 is 24.0 Å². The first-order valence-corrected chi connectivity index (χ1v) is 9.65. The highest BCUT2D eigenvalue weighted by atomic mass is 127. The number of halogens is 2. The lowest BCUT2D eigenvalue weighted by atomic mass is 10.2. The molecule has 8 heteroatoms. The van der Waals surface area contributed by atoms with E-state index in [0.29, 0.717) is 38.0 Å². The van der Waals surface area contributed by atoms with E-state index >= 15 is 0 Å². The molecular formula is C20H35FIN3O3. The maximum atomic E-state index is 13.7. The number of nitrogens with one attached hydrogen (secondary N) is 2. The summed E-state index contributed by atoms with van der Waals surface area (Å²) < 4.78 is 24.9. The zero-order valence-corrected chi connectivity index (χ0v) is 19.6. The second-order valence-electron chi connectivity index (χ2n) is 6.76. The van der Waals surface area contributed by atoms with Crippen molar-refractivity contribution >= 4 is 29.9 Å². The summed E-state index contributed by atoms with van der Waals surface area (Å²) >= 11 is 0. The van der Waals surface area contributed by atoms with E-state index in [1.54, 1.807) is 18.2 Å². The average Bonchev–Trinajstić information content (AvgIpc) is 2.64. The number of aliphatic hydroxyl groups is 1. The number of aliphatic hydroxyl groups excluding tert-OH is 1. The lowest BCUT2D eigenvalue weighted by Crippen LogP contribution is -2.43. The summed E-state index contributed by atoms with van der Waals surface area (Å²) in [5, 5.41) is 16.3. The van der Waals surface area contributed by atoms with Crippen LogP contribution in [0.4, 0.5) is 4.39 Å². The average molecular weight is 511 g/mol. The van der Waals surface area contributed by atoms with Crippen molar-refractivity contribution in [3.8, 4) is 5.75 Å². The van der Waals surface area contributed by atoms with Crippen molar-refractivity contribution < 1.29 is 19.0 Å². The SMILES string of the molecule is CCNC(=NCC(O)COCC(C)C)NCC(CC)Oc1ccccc1F.I. The van der Waals surface area contributed by atoms with Crippen molar-refractivity contribution in [1.82, 2.24) is 10.6 Å². The van der Waals surface area contributed by atoms with E-state index in [2.05, 4.69) is 29.5 Å². The molecule has 162 valence electrons. The van der Waals surface area contributed by atoms with Gasteiger partial charge in [-0.3, -0.25) is 4.99 Å². The summed E-state index contributed by atoms with van der Waals surface area (Å²) in [7, 11) is 0. The first-order valence-electron chi connectivity index (χ1n) is 9.65. The van der Waals surface area contributed by atoms with E-state index in [9.17, 15) is 9.50 Å². The molecule has 0 bridgehead atoms. The second-order valence-corrected chi connectivity index (χ2v) is 6.76. The Morgan fingerprint density at radius 1 is 1.18 bits per heavy atom. The number of ether oxygens (including phenoxy) is 2. The molecule has 0 saturated heterocycles. The van der Waals surface area contributed by atoms with Crippen LogP contribution in [-0.4, -0.2) is 56.1 Å². The quantitative estimate of drug-likeness (QED) is 0.229. The van der Waals surface area contributed by atoms with E-state index < -0.39 is 6.10 Å². The van der Waals surface area contributed by atoms with Crippen molar-refractivity contribution in [2.45, 2.75) is 46.3 Å². The zero-order chi connectivity index (χ0) is 20.1. The molecule has 0 aliphatic heterocycles. The largest absolute Gasteiger partial charge is 0.486 e. The summed E-state index contributed by atoms with van der Waals surface area (Å²) in [5.74, 6) is 0.878. The predicted octanol–water partition coefficient (Wildman–Crippen LogP) is 3.19. The van der Waals surface area contributed by atoms with Gasteiger partial charge in [-0.2, -0.15) is 0 Å². The smallest absolute Gasteiger partial charge is 0.191 e. The van der Waals surface area contributed by atoms with Gasteiger partial charge in [0.05, 0.1) is 25.8 Å². The topological polar surface area (TPSA) is 75.1 Å². The molecule has 0 saturated carbocycles. The summed E-state index contributed by atoms with van der Waals surface area (Å²) in [6.45, 7) is 10.3. The lowest BCUT2D eigenvalue weighted by molar-refractivity contribution is 0.0301. The minimum atomic E-state index is -0.657. The minimum Gasteiger partial charge on any atom is -0.486 e. The fourth-order valence-corrected chi connectivity index (χ4v) is 2.23. The van der Waals surface area contributed by atoms with Crippen LogP contribution in [0.1, 0.15) is 34.1 Å². The number of aliphatic imine (C=N–C) groups is 1. The Bertz CT molecular complexity index is 561. The van der Waals surface area contributed by atoms with Gasteiger partial charge in [0.2, 0.25) is 0 Å². The molecule has 0 spiro atoms. The molecule has 1 aromatic carbocycles. The van der Waals surface area contributed by atoms with Gasteiger partial charge in [0, 0.05) is 13.2 Å². The highest BCUT2D eigenvalue weighted by Crippen LogP contribution is 2.17. The highest BCUT2D eigenvalue weighted by Gasteiger charge is 2.12. The molecule has 0 amide bonds. The van der Waals surface area contributed by atoms with E-state index in [1.807, 2.05) is 13.8 Å². The van der Waals surface area contributed by atoms with E-state index in [0.717, 1.165) is 0 Å². The van der Waals surface area contributed by atoms with Gasteiger partial charge in [0.15, 0.2) is 17.5 Å². The van der Waals surface area contributed by atoms with Crippen LogP contribution in [0.2, 0.25) is 0 Å².